The van der Waals surface area contributed by atoms with Crippen LogP contribution in [0.5, 0.6) is 0 Å². The number of Topliss-reactive ketones (excluding diaryl/α,β-unsaturated/α-hetero) is 1. The number of hydrogen-bond acceptors (Lipinski definition) is 3. The zero-order valence-corrected chi connectivity index (χ0v) is 6.62. The lowest BCUT2D eigenvalue weighted by molar-refractivity contribution is -0.123. The molecule has 3 N–H and O–H groups in total. The van der Waals surface area contributed by atoms with E-state index in [-0.39, 0.29) is 24.3 Å². The molecule has 1 aliphatic carbocycles. The van der Waals surface area contributed by atoms with Gasteiger partial charge < -0.3 is 10.8 Å². The van der Waals surface area contributed by atoms with Crippen LogP contribution in [0.4, 0.5) is 0 Å². The number of nitrogens with two attached hydrogens (primary N) is 1. The van der Waals surface area contributed by atoms with E-state index in [0.717, 1.165) is 19.3 Å². The van der Waals surface area contributed by atoms with Gasteiger partial charge in [0.1, 0.15) is 5.78 Å². The van der Waals surface area contributed by atoms with Crippen LogP contribution < -0.4 is 5.73 Å². The van der Waals surface area contributed by atoms with Gasteiger partial charge in [0.25, 0.3) is 0 Å². The highest BCUT2D eigenvalue weighted by molar-refractivity contribution is 5.82. The summed E-state index contributed by atoms with van der Waals surface area (Å²) in [5.41, 5.74) is 5.22. The van der Waals surface area contributed by atoms with E-state index in [2.05, 4.69) is 0 Å². The van der Waals surface area contributed by atoms with E-state index >= 15 is 0 Å². The summed E-state index contributed by atoms with van der Waals surface area (Å²) in [5.74, 6) is 0.132. The highest BCUT2D eigenvalue weighted by Gasteiger charge is 2.24. The molecule has 0 aromatic carbocycles. The normalized spacial score (nSPS) is 31.8. The van der Waals surface area contributed by atoms with Crippen molar-refractivity contribution in [1.29, 1.82) is 0 Å². The largest absolute Gasteiger partial charge is 0.393 e. The van der Waals surface area contributed by atoms with Gasteiger partial charge in [0.05, 0.1) is 12.6 Å². The molecule has 0 heterocycles. The predicted molar refractivity (Wildman–Crippen MR) is 42.0 cm³/mol. The van der Waals surface area contributed by atoms with Crippen molar-refractivity contribution < 1.29 is 9.90 Å². The van der Waals surface area contributed by atoms with Gasteiger partial charge in [-0.25, -0.2) is 0 Å². The van der Waals surface area contributed by atoms with Crippen molar-refractivity contribution in [2.24, 2.45) is 11.7 Å². The smallest absolute Gasteiger partial charge is 0.149 e. The summed E-state index contributed by atoms with van der Waals surface area (Å²) < 4.78 is 0. The van der Waals surface area contributed by atoms with Crippen LogP contribution in [-0.2, 0) is 4.79 Å². The molecular formula is C8H15NO2. The third-order valence-corrected chi connectivity index (χ3v) is 2.30. The molecule has 11 heavy (non-hydrogen) atoms. The van der Waals surface area contributed by atoms with Crippen molar-refractivity contribution in [3.05, 3.63) is 0 Å². The minimum atomic E-state index is -0.274. The lowest BCUT2D eigenvalue weighted by atomic mass is 9.84. The Bertz CT molecular complexity index is 147. The zero-order chi connectivity index (χ0) is 8.27. The number of rotatable bonds is 2. The molecule has 0 aromatic heterocycles. The molecule has 1 aliphatic rings. The molecule has 0 amide bonds. The van der Waals surface area contributed by atoms with Crippen LogP contribution in [0.25, 0.3) is 0 Å². The summed E-state index contributed by atoms with van der Waals surface area (Å²) in [6, 6.07) is 0. The van der Waals surface area contributed by atoms with Crippen LogP contribution in [0.3, 0.4) is 0 Å². The van der Waals surface area contributed by atoms with Gasteiger partial charge in [-0.1, -0.05) is 6.42 Å². The average molecular weight is 157 g/mol. The topological polar surface area (TPSA) is 63.3 Å². The molecule has 2 unspecified atom stereocenters. The Hall–Kier alpha value is -0.410. The Morgan fingerprint density at radius 2 is 2.27 bits per heavy atom. The molecule has 0 radical (unpaired) electrons. The number of carbonyl (C=O) groups excluding carboxylic acids is 1. The molecule has 2 atom stereocenters. The van der Waals surface area contributed by atoms with E-state index in [1.54, 1.807) is 0 Å². The van der Waals surface area contributed by atoms with Gasteiger partial charge in [-0.05, 0) is 19.3 Å². The molecule has 0 spiro atoms. The maximum absolute atomic E-state index is 11.1. The molecule has 0 aliphatic heterocycles. The summed E-state index contributed by atoms with van der Waals surface area (Å²) in [6.45, 7) is 0.122. The van der Waals surface area contributed by atoms with Crippen LogP contribution >= 0.6 is 0 Å². The van der Waals surface area contributed by atoms with Gasteiger partial charge in [0.15, 0.2) is 0 Å². The Kier molecular flexibility index (Phi) is 3.02. The number of aliphatic hydroxyl groups excluding tert-OH is 1. The minimum Gasteiger partial charge on any atom is -0.393 e. The van der Waals surface area contributed by atoms with E-state index in [4.69, 9.17) is 5.73 Å². The van der Waals surface area contributed by atoms with Gasteiger partial charge in [-0.15, -0.1) is 0 Å². The van der Waals surface area contributed by atoms with Crippen LogP contribution in [0.2, 0.25) is 0 Å². The molecule has 3 heteroatoms. The second kappa shape index (κ2) is 3.83. The Morgan fingerprint density at radius 3 is 2.82 bits per heavy atom. The Labute approximate surface area is 66.6 Å². The lowest BCUT2D eigenvalue weighted by Gasteiger charge is -2.23. The summed E-state index contributed by atoms with van der Waals surface area (Å²) in [4.78, 5) is 11.1. The second-order valence-corrected chi connectivity index (χ2v) is 3.19. The molecule has 64 valence electrons. The molecule has 0 saturated heterocycles. The second-order valence-electron chi connectivity index (χ2n) is 3.19. The molecule has 3 nitrogen and oxygen atoms in total. The first-order valence-corrected chi connectivity index (χ1v) is 4.15. The van der Waals surface area contributed by atoms with Crippen LogP contribution in [0.1, 0.15) is 25.7 Å². The number of carbonyl (C=O) groups is 1. The fourth-order valence-corrected chi connectivity index (χ4v) is 1.62. The van der Waals surface area contributed by atoms with E-state index in [0.29, 0.717) is 6.42 Å². The molecule has 0 aromatic rings. The summed E-state index contributed by atoms with van der Waals surface area (Å²) in [7, 11) is 0. The van der Waals surface area contributed by atoms with Crippen LogP contribution in [-0.4, -0.2) is 23.5 Å². The summed E-state index contributed by atoms with van der Waals surface area (Å²) >= 11 is 0. The SMILES string of the molecule is NCC(=O)C1CCCC(O)C1. The highest BCUT2D eigenvalue weighted by Crippen LogP contribution is 2.24. The maximum atomic E-state index is 11.1. The van der Waals surface area contributed by atoms with Gasteiger partial charge in [-0.2, -0.15) is 0 Å². The molecule has 1 fully saturated rings. The number of hydrogen-bond donors (Lipinski definition) is 2. The zero-order valence-electron chi connectivity index (χ0n) is 6.62. The van der Waals surface area contributed by atoms with Crippen molar-refractivity contribution in [2.45, 2.75) is 31.8 Å². The van der Waals surface area contributed by atoms with Crippen molar-refractivity contribution in [3.8, 4) is 0 Å². The quantitative estimate of drug-likeness (QED) is 0.596. The van der Waals surface area contributed by atoms with Crippen LogP contribution in [0, 0.1) is 5.92 Å². The fraction of sp³-hybridized carbons (Fsp3) is 0.875. The lowest BCUT2D eigenvalue weighted by Crippen LogP contribution is -2.29. The molecular weight excluding hydrogens is 142 g/mol. The Balaban J connectivity index is 2.39. The number of ketones is 1. The molecule has 0 bridgehead atoms. The van der Waals surface area contributed by atoms with Gasteiger partial charge in [-0.3, -0.25) is 4.79 Å². The van der Waals surface area contributed by atoms with Crippen molar-refractivity contribution in [3.63, 3.8) is 0 Å². The van der Waals surface area contributed by atoms with E-state index < -0.39 is 0 Å². The molecule has 1 saturated carbocycles. The summed E-state index contributed by atoms with van der Waals surface area (Å²) in [5, 5.41) is 9.23. The number of aliphatic hydroxyl groups is 1. The van der Waals surface area contributed by atoms with E-state index in [1.165, 1.54) is 0 Å². The maximum Gasteiger partial charge on any atom is 0.149 e. The van der Waals surface area contributed by atoms with Crippen molar-refractivity contribution >= 4 is 5.78 Å². The highest BCUT2D eigenvalue weighted by atomic mass is 16.3. The van der Waals surface area contributed by atoms with Crippen molar-refractivity contribution in [1.82, 2.24) is 0 Å². The average Bonchev–Trinajstić information content (AvgIpc) is 2.03. The third-order valence-electron chi connectivity index (χ3n) is 2.30. The predicted octanol–water partition coefficient (Wildman–Crippen LogP) is 0.0653. The van der Waals surface area contributed by atoms with E-state index in [9.17, 15) is 9.90 Å². The monoisotopic (exact) mass is 157 g/mol. The van der Waals surface area contributed by atoms with Gasteiger partial charge >= 0.3 is 0 Å². The van der Waals surface area contributed by atoms with Crippen molar-refractivity contribution in [2.75, 3.05) is 6.54 Å². The summed E-state index contributed by atoms with van der Waals surface area (Å²) in [6.07, 6.45) is 3.05. The fourth-order valence-electron chi connectivity index (χ4n) is 1.62. The van der Waals surface area contributed by atoms with Gasteiger partial charge in [0, 0.05) is 5.92 Å². The van der Waals surface area contributed by atoms with Gasteiger partial charge in [0.2, 0.25) is 0 Å². The van der Waals surface area contributed by atoms with E-state index in [1.807, 2.05) is 0 Å². The van der Waals surface area contributed by atoms with Crippen LogP contribution in [0.15, 0.2) is 0 Å². The first kappa shape index (κ1) is 8.68. The minimum absolute atomic E-state index is 0.0312. The third kappa shape index (κ3) is 2.27. The Morgan fingerprint density at radius 1 is 1.55 bits per heavy atom. The molecule has 1 rings (SSSR count). The first-order chi connectivity index (χ1) is 5.24. The standard InChI is InChI=1S/C8H15NO2/c9-5-8(11)6-2-1-3-7(10)4-6/h6-7,10H,1-5,9H2. The first-order valence-electron chi connectivity index (χ1n) is 4.15.